The first-order valence-electron chi connectivity index (χ1n) is 7.83. The van der Waals surface area contributed by atoms with Crippen LogP contribution >= 0.6 is 11.8 Å². The predicted molar refractivity (Wildman–Crippen MR) is 98.9 cm³/mol. The number of rotatable bonds is 5. The van der Waals surface area contributed by atoms with Crippen molar-refractivity contribution in [3.8, 4) is 0 Å². The zero-order chi connectivity index (χ0) is 17.3. The number of thioether (sulfide) groups is 1. The number of pyridine rings is 1. The number of H-pyrrole nitrogens is 1. The molecule has 7 heteroatoms. The second-order valence-corrected chi connectivity index (χ2v) is 7.06. The van der Waals surface area contributed by atoms with Crippen molar-refractivity contribution in [2.24, 2.45) is 0 Å². The van der Waals surface area contributed by atoms with Gasteiger partial charge in [-0.25, -0.2) is 0 Å². The molecule has 0 atom stereocenters. The largest absolute Gasteiger partial charge is 0.347 e. The smallest absolute Gasteiger partial charge is 0.255 e. The molecule has 3 aromatic rings. The van der Waals surface area contributed by atoms with Gasteiger partial charge >= 0.3 is 0 Å². The van der Waals surface area contributed by atoms with Crippen molar-refractivity contribution in [3.05, 3.63) is 46.4 Å². The Labute approximate surface area is 144 Å². The van der Waals surface area contributed by atoms with Gasteiger partial charge in [0.2, 0.25) is 5.95 Å². The highest BCUT2D eigenvalue weighted by Gasteiger charge is 2.17. The van der Waals surface area contributed by atoms with Crippen LogP contribution in [0.3, 0.4) is 0 Å². The molecule has 2 heterocycles. The van der Waals surface area contributed by atoms with Gasteiger partial charge in [-0.1, -0.05) is 30.0 Å². The number of hydrogen-bond acceptors (Lipinski definition) is 5. The summed E-state index contributed by atoms with van der Waals surface area (Å²) in [4.78, 5) is 16.7. The summed E-state index contributed by atoms with van der Waals surface area (Å²) in [5.41, 5.74) is 1.03. The van der Waals surface area contributed by atoms with Crippen molar-refractivity contribution in [1.82, 2.24) is 19.7 Å². The van der Waals surface area contributed by atoms with Crippen molar-refractivity contribution in [1.29, 1.82) is 0 Å². The molecule has 0 aliphatic carbocycles. The number of fused-ring (bicyclic) bond motifs is 1. The molecule has 3 rings (SSSR count). The summed E-state index contributed by atoms with van der Waals surface area (Å²) in [6, 6.07) is 7.94. The van der Waals surface area contributed by atoms with E-state index in [2.05, 4.69) is 33.6 Å². The molecule has 0 aliphatic rings. The quantitative estimate of drug-likeness (QED) is 0.721. The molecule has 0 saturated heterocycles. The molecule has 0 fully saturated rings. The Hall–Kier alpha value is -2.28. The van der Waals surface area contributed by atoms with Crippen LogP contribution in [-0.4, -0.2) is 33.8 Å². The molecule has 24 heavy (non-hydrogen) atoms. The fourth-order valence-corrected chi connectivity index (χ4v) is 3.71. The Morgan fingerprint density at radius 3 is 2.58 bits per heavy atom. The van der Waals surface area contributed by atoms with Crippen molar-refractivity contribution in [2.45, 2.75) is 30.8 Å². The van der Waals surface area contributed by atoms with E-state index < -0.39 is 0 Å². The molecule has 1 aromatic carbocycles. The lowest BCUT2D eigenvalue weighted by atomic mass is 10.1. The van der Waals surface area contributed by atoms with Gasteiger partial charge in [-0.05, 0) is 30.9 Å². The summed E-state index contributed by atoms with van der Waals surface area (Å²) < 4.78 is 2.12. The molecule has 0 amide bonds. The zero-order valence-electron chi connectivity index (χ0n) is 14.3. The van der Waals surface area contributed by atoms with Gasteiger partial charge in [-0.2, -0.15) is 0 Å². The second kappa shape index (κ2) is 6.68. The second-order valence-electron chi connectivity index (χ2n) is 6.12. The number of nitrogens with one attached hydrogen (secondary N) is 1. The Balaban J connectivity index is 1.93. The highest BCUT2D eigenvalue weighted by atomic mass is 32.2. The first-order valence-corrected chi connectivity index (χ1v) is 8.82. The Bertz CT molecular complexity index is 913. The number of nitrogens with zero attached hydrogens (tertiary/aromatic N) is 4. The molecule has 126 valence electrons. The SMILES string of the molecule is CC(C)n1c(SCc2c[nH]c(=O)c3ccccc23)nnc1N(C)C. The third kappa shape index (κ3) is 3.03. The lowest BCUT2D eigenvalue weighted by molar-refractivity contribution is 0.549. The molecule has 6 nitrogen and oxygen atoms in total. The highest BCUT2D eigenvalue weighted by Crippen LogP contribution is 2.29. The van der Waals surface area contributed by atoms with Gasteiger partial charge < -0.3 is 9.88 Å². The minimum absolute atomic E-state index is 0.0559. The molecule has 0 radical (unpaired) electrons. The number of aromatic amines is 1. The molecular formula is C17H21N5OS. The van der Waals surface area contributed by atoms with Gasteiger partial charge in [0.25, 0.3) is 5.56 Å². The van der Waals surface area contributed by atoms with E-state index in [0.717, 1.165) is 33.2 Å². The zero-order valence-corrected chi connectivity index (χ0v) is 15.1. The molecular weight excluding hydrogens is 322 g/mol. The van der Waals surface area contributed by atoms with Gasteiger partial charge in [0.1, 0.15) is 0 Å². The van der Waals surface area contributed by atoms with E-state index in [1.54, 1.807) is 18.0 Å². The van der Waals surface area contributed by atoms with Crippen LogP contribution in [0, 0.1) is 0 Å². The van der Waals surface area contributed by atoms with E-state index in [9.17, 15) is 4.79 Å². The van der Waals surface area contributed by atoms with E-state index in [0.29, 0.717) is 0 Å². The van der Waals surface area contributed by atoms with Gasteiger partial charge in [-0.3, -0.25) is 9.36 Å². The van der Waals surface area contributed by atoms with Crippen molar-refractivity contribution < 1.29 is 0 Å². The van der Waals surface area contributed by atoms with E-state index in [1.807, 2.05) is 43.3 Å². The fraction of sp³-hybridized carbons (Fsp3) is 0.353. The molecule has 0 saturated carbocycles. The Kier molecular flexibility index (Phi) is 4.62. The van der Waals surface area contributed by atoms with Crippen LogP contribution in [0.15, 0.2) is 40.4 Å². The summed E-state index contributed by atoms with van der Waals surface area (Å²) in [6.45, 7) is 4.24. The molecule has 2 aromatic heterocycles. The fourth-order valence-electron chi connectivity index (χ4n) is 2.66. The minimum Gasteiger partial charge on any atom is -0.347 e. The maximum Gasteiger partial charge on any atom is 0.255 e. The first-order chi connectivity index (χ1) is 11.5. The summed E-state index contributed by atoms with van der Waals surface area (Å²) >= 11 is 1.63. The number of hydrogen-bond donors (Lipinski definition) is 1. The maximum absolute atomic E-state index is 11.9. The third-order valence-electron chi connectivity index (χ3n) is 3.81. The van der Waals surface area contributed by atoms with Crippen LogP contribution in [0.2, 0.25) is 0 Å². The van der Waals surface area contributed by atoms with Gasteiger partial charge in [0.15, 0.2) is 5.16 Å². The molecule has 1 N–H and O–H groups in total. The predicted octanol–water partition coefficient (Wildman–Crippen LogP) is 3.06. The number of benzene rings is 1. The van der Waals surface area contributed by atoms with Gasteiger partial charge in [-0.15, -0.1) is 10.2 Å². The highest BCUT2D eigenvalue weighted by molar-refractivity contribution is 7.98. The summed E-state index contributed by atoms with van der Waals surface area (Å²) in [5.74, 6) is 1.56. The normalized spacial score (nSPS) is 11.4. The summed E-state index contributed by atoms with van der Waals surface area (Å²) in [5, 5.41) is 11.2. The average molecular weight is 343 g/mol. The summed E-state index contributed by atoms with van der Waals surface area (Å²) in [7, 11) is 3.93. The van der Waals surface area contributed by atoms with Crippen LogP contribution in [-0.2, 0) is 5.75 Å². The van der Waals surface area contributed by atoms with Crippen LogP contribution in [0.4, 0.5) is 5.95 Å². The minimum atomic E-state index is -0.0559. The first kappa shape index (κ1) is 16.6. The Morgan fingerprint density at radius 2 is 1.92 bits per heavy atom. The van der Waals surface area contributed by atoms with Crippen LogP contribution < -0.4 is 10.5 Å². The van der Waals surface area contributed by atoms with E-state index in [1.165, 1.54) is 0 Å². The van der Waals surface area contributed by atoms with E-state index in [-0.39, 0.29) is 11.6 Å². The van der Waals surface area contributed by atoms with Gasteiger partial charge in [0, 0.05) is 37.5 Å². The molecule has 0 bridgehead atoms. The van der Waals surface area contributed by atoms with E-state index >= 15 is 0 Å². The molecule has 0 unspecified atom stereocenters. The topological polar surface area (TPSA) is 66.8 Å². The monoisotopic (exact) mass is 343 g/mol. The molecule has 0 aliphatic heterocycles. The average Bonchev–Trinajstić information content (AvgIpc) is 2.99. The molecule has 0 spiro atoms. The Morgan fingerprint density at radius 1 is 1.21 bits per heavy atom. The summed E-state index contributed by atoms with van der Waals surface area (Å²) in [6.07, 6.45) is 1.79. The van der Waals surface area contributed by atoms with Crippen molar-refractivity contribution in [2.75, 3.05) is 19.0 Å². The lowest BCUT2D eigenvalue weighted by Gasteiger charge is -2.17. The van der Waals surface area contributed by atoms with Crippen molar-refractivity contribution in [3.63, 3.8) is 0 Å². The van der Waals surface area contributed by atoms with Crippen LogP contribution in [0.1, 0.15) is 25.5 Å². The number of aromatic nitrogens is 4. The lowest BCUT2D eigenvalue weighted by Crippen LogP contribution is -2.17. The van der Waals surface area contributed by atoms with Crippen LogP contribution in [0.25, 0.3) is 10.8 Å². The van der Waals surface area contributed by atoms with Gasteiger partial charge in [0.05, 0.1) is 0 Å². The van der Waals surface area contributed by atoms with Crippen LogP contribution in [0.5, 0.6) is 0 Å². The third-order valence-corrected chi connectivity index (χ3v) is 4.81. The van der Waals surface area contributed by atoms with Crippen molar-refractivity contribution >= 4 is 28.5 Å². The maximum atomic E-state index is 11.9. The van der Waals surface area contributed by atoms with E-state index in [4.69, 9.17) is 0 Å². The number of anilines is 1. The standard InChI is InChI=1S/C17H21N5OS/c1-11(2)22-16(21(3)4)19-20-17(22)24-10-12-9-18-15(23)14-8-6-5-7-13(12)14/h5-9,11H,10H2,1-4H3,(H,18,23).